The van der Waals surface area contributed by atoms with E-state index in [9.17, 15) is 9.90 Å². The minimum Gasteiger partial charge on any atom is -0.369 e. The number of carbonyl (C=O) groups excluding carboxylic acids is 1. The van der Waals surface area contributed by atoms with Crippen molar-refractivity contribution >= 4 is 6.03 Å². The standard InChI is InChI=1S/C9H18N2O4/c1-3-14-8(15-4-2)7(12)11-6-5-10-9(11)13/h7-8,12H,3-6H2,1-2H3,(H,10,13). The Morgan fingerprint density at radius 2 is 2.07 bits per heavy atom. The fraction of sp³-hybridized carbons (Fsp3) is 0.889. The van der Waals surface area contributed by atoms with Gasteiger partial charge in [0, 0.05) is 26.3 Å². The van der Waals surface area contributed by atoms with Gasteiger partial charge in [0.2, 0.25) is 6.29 Å². The van der Waals surface area contributed by atoms with Crippen LogP contribution in [0.15, 0.2) is 0 Å². The van der Waals surface area contributed by atoms with Gasteiger partial charge in [-0.05, 0) is 13.8 Å². The van der Waals surface area contributed by atoms with Crippen LogP contribution in [0.3, 0.4) is 0 Å². The second kappa shape index (κ2) is 5.89. The van der Waals surface area contributed by atoms with E-state index >= 15 is 0 Å². The van der Waals surface area contributed by atoms with Crippen molar-refractivity contribution in [2.45, 2.75) is 26.4 Å². The molecule has 15 heavy (non-hydrogen) atoms. The fourth-order valence-electron chi connectivity index (χ4n) is 1.43. The molecule has 0 spiro atoms. The average molecular weight is 218 g/mol. The zero-order valence-corrected chi connectivity index (χ0v) is 9.10. The van der Waals surface area contributed by atoms with E-state index in [2.05, 4.69) is 5.32 Å². The van der Waals surface area contributed by atoms with E-state index in [1.54, 1.807) is 0 Å². The molecule has 0 aromatic heterocycles. The van der Waals surface area contributed by atoms with E-state index in [4.69, 9.17) is 9.47 Å². The van der Waals surface area contributed by atoms with Crippen LogP contribution in [0, 0.1) is 0 Å². The molecule has 0 aliphatic carbocycles. The van der Waals surface area contributed by atoms with Gasteiger partial charge in [-0.15, -0.1) is 0 Å². The van der Waals surface area contributed by atoms with Crippen LogP contribution in [-0.4, -0.2) is 54.9 Å². The van der Waals surface area contributed by atoms with E-state index in [-0.39, 0.29) is 6.03 Å². The maximum atomic E-state index is 11.3. The molecule has 0 saturated carbocycles. The predicted octanol–water partition coefficient (Wildman–Crippen LogP) is -0.271. The van der Waals surface area contributed by atoms with Crippen molar-refractivity contribution in [2.75, 3.05) is 26.3 Å². The smallest absolute Gasteiger partial charge is 0.319 e. The van der Waals surface area contributed by atoms with Crippen molar-refractivity contribution in [1.82, 2.24) is 10.2 Å². The number of rotatable bonds is 6. The van der Waals surface area contributed by atoms with Crippen molar-refractivity contribution in [2.24, 2.45) is 0 Å². The predicted molar refractivity (Wildman–Crippen MR) is 53.2 cm³/mol. The van der Waals surface area contributed by atoms with E-state index in [1.807, 2.05) is 13.8 Å². The molecule has 6 nitrogen and oxygen atoms in total. The van der Waals surface area contributed by atoms with Crippen molar-refractivity contribution in [3.63, 3.8) is 0 Å². The number of nitrogens with one attached hydrogen (secondary N) is 1. The number of hydrogen-bond acceptors (Lipinski definition) is 4. The Morgan fingerprint density at radius 3 is 2.47 bits per heavy atom. The molecular formula is C9H18N2O4. The molecule has 0 bridgehead atoms. The number of aliphatic hydroxyl groups is 1. The Bertz CT molecular complexity index is 206. The van der Waals surface area contributed by atoms with Crippen LogP contribution in [0.25, 0.3) is 0 Å². The Hall–Kier alpha value is -0.850. The summed E-state index contributed by atoms with van der Waals surface area (Å²) >= 11 is 0. The second-order valence-corrected chi connectivity index (χ2v) is 3.12. The highest BCUT2D eigenvalue weighted by molar-refractivity contribution is 5.76. The highest BCUT2D eigenvalue weighted by Crippen LogP contribution is 2.10. The Kier molecular flexibility index (Phi) is 4.80. The van der Waals surface area contributed by atoms with Crippen molar-refractivity contribution in [3.05, 3.63) is 0 Å². The lowest BCUT2D eigenvalue weighted by Gasteiger charge is -2.28. The first kappa shape index (κ1) is 12.2. The summed E-state index contributed by atoms with van der Waals surface area (Å²) in [6.07, 6.45) is -1.82. The molecule has 0 aromatic carbocycles. The zero-order valence-electron chi connectivity index (χ0n) is 9.10. The molecule has 1 aliphatic rings. The zero-order chi connectivity index (χ0) is 11.3. The Morgan fingerprint density at radius 1 is 1.47 bits per heavy atom. The van der Waals surface area contributed by atoms with Gasteiger partial charge in [-0.2, -0.15) is 0 Å². The molecule has 1 unspecified atom stereocenters. The molecule has 1 atom stereocenters. The number of urea groups is 1. The summed E-state index contributed by atoms with van der Waals surface area (Å²) in [5, 5.41) is 12.5. The number of nitrogens with zero attached hydrogens (tertiary/aromatic N) is 1. The third-order valence-corrected chi connectivity index (χ3v) is 2.11. The molecule has 2 amide bonds. The third-order valence-electron chi connectivity index (χ3n) is 2.11. The number of aliphatic hydroxyl groups excluding tert-OH is 1. The topological polar surface area (TPSA) is 71.0 Å². The number of carbonyl (C=O) groups is 1. The van der Waals surface area contributed by atoms with Gasteiger partial charge in [-0.1, -0.05) is 0 Å². The van der Waals surface area contributed by atoms with Gasteiger partial charge in [0.05, 0.1) is 0 Å². The van der Waals surface area contributed by atoms with Gasteiger partial charge in [-0.25, -0.2) is 4.79 Å². The highest BCUT2D eigenvalue weighted by atomic mass is 16.7. The lowest BCUT2D eigenvalue weighted by atomic mass is 10.4. The van der Waals surface area contributed by atoms with Gasteiger partial charge in [0.25, 0.3) is 0 Å². The summed E-state index contributed by atoms with van der Waals surface area (Å²) in [6.45, 7) is 5.48. The Labute approximate surface area is 89.1 Å². The normalized spacial score (nSPS) is 18.4. The molecule has 1 aliphatic heterocycles. The van der Waals surface area contributed by atoms with Gasteiger partial charge in [0.1, 0.15) is 0 Å². The molecule has 1 saturated heterocycles. The summed E-state index contributed by atoms with van der Waals surface area (Å²) in [7, 11) is 0. The number of hydrogen-bond donors (Lipinski definition) is 2. The average Bonchev–Trinajstić information content (AvgIpc) is 2.63. The minimum absolute atomic E-state index is 0.285. The SMILES string of the molecule is CCOC(OCC)C(O)N1CCNC1=O. The lowest BCUT2D eigenvalue weighted by Crippen LogP contribution is -2.47. The van der Waals surface area contributed by atoms with Crippen LogP contribution in [0.2, 0.25) is 0 Å². The van der Waals surface area contributed by atoms with E-state index in [0.29, 0.717) is 26.3 Å². The maximum absolute atomic E-state index is 11.3. The van der Waals surface area contributed by atoms with E-state index in [0.717, 1.165) is 0 Å². The highest BCUT2D eigenvalue weighted by Gasteiger charge is 2.32. The first-order valence-electron chi connectivity index (χ1n) is 5.16. The third kappa shape index (κ3) is 3.05. The number of ether oxygens (including phenoxy) is 2. The molecule has 0 aromatic rings. The molecule has 1 fully saturated rings. The van der Waals surface area contributed by atoms with Crippen LogP contribution in [-0.2, 0) is 9.47 Å². The summed E-state index contributed by atoms with van der Waals surface area (Å²) in [5.74, 6) is 0. The monoisotopic (exact) mass is 218 g/mol. The van der Waals surface area contributed by atoms with Crippen LogP contribution in [0.5, 0.6) is 0 Å². The second-order valence-electron chi connectivity index (χ2n) is 3.12. The van der Waals surface area contributed by atoms with Gasteiger partial charge < -0.3 is 19.9 Å². The molecule has 6 heteroatoms. The summed E-state index contributed by atoms with van der Waals surface area (Å²) < 4.78 is 10.4. The van der Waals surface area contributed by atoms with Crippen LogP contribution in [0.1, 0.15) is 13.8 Å². The van der Waals surface area contributed by atoms with Crippen LogP contribution in [0.4, 0.5) is 4.79 Å². The summed E-state index contributed by atoms with van der Waals surface area (Å²) in [5.41, 5.74) is 0. The van der Waals surface area contributed by atoms with Crippen LogP contribution < -0.4 is 5.32 Å². The molecule has 1 heterocycles. The maximum Gasteiger partial charge on any atom is 0.319 e. The molecule has 2 N–H and O–H groups in total. The molecule has 1 rings (SSSR count). The van der Waals surface area contributed by atoms with Gasteiger partial charge >= 0.3 is 6.03 Å². The molecule has 0 radical (unpaired) electrons. The summed E-state index contributed by atoms with van der Waals surface area (Å²) in [6, 6.07) is -0.285. The quantitative estimate of drug-likeness (QED) is 0.602. The van der Waals surface area contributed by atoms with Crippen LogP contribution >= 0.6 is 0 Å². The fourth-order valence-corrected chi connectivity index (χ4v) is 1.43. The van der Waals surface area contributed by atoms with Crippen molar-refractivity contribution in [1.29, 1.82) is 0 Å². The number of amides is 2. The molecular weight excluding hydrogens is 200 g/mol. The first-order valence-corrected chi connectivity index (χ1v) is 5.16. The van der Waals surface area contributed by atoms with Gasteiger partial charge in [-0.3, -0.25) is 4.90 Å². The van der Waals surface area contributed by atoms with Crippen molar-refractivity contribution in [3.8, 4) is 0 Å². The van der Waals surface area contributed by atoms with Gasteiger partial charge in [0.15, 0.2) is 6.23 Å². The van der Waals surface area contributed by atoms with E-state index < -0.39 is 12.5 Å². The minimum atomic E-state index is -1.05. The largest absolute Gasteiger partial charge is 0.369 e. The summed E-state index contributed by atoms with van der Waals surface area (Å²) in [4.78, 5) is 12.6. The first-order chi connectivity index (χ1) is 7.20. The van der Waals surface area contributed by atoms with E-state index in [1.165, 1.54) is 4.90 Å². The lowest BCUT2D eigenvalue weighted by molar-refractivity contribution is -0.217. The molecule has 88 valence electrons. The van der Waals surface area contributed by atoms with Crippen molar-refractivity contribution < 1.29 is 19.4 Å². The Balaban J connectivity index is 2.53.